The summed E-state index contributed by atoms with van der Waals surface area (Å²) in [4.78, 5) is 16.0. The Hall–Kier alpha value is -1.95. The average molecular weight is 300 g/mol. The van der Waals surface area contributed by atoms with Gasteiger partial charge in [-0.25, -0.2) is 13.8 Å². The van der Waals surface area contributed by atoms with Crippen LogP contribution in [0.25, 0.3) is 0 Å². The number of carbonyl (C=O) groups excluding carboxylic acids is 1. The first kappa shape index (κ1) is 14.5. The average Bonchev–Trinajstić information content (AvgIpc) is 2.81. The fourth-order valence-corrected chi connectivity index (χ4v) is 2.03. The Bertz CT molecular complexity index is 608. The number of nitrogens with zero attached hydrogens (tertiary/aromatic N) is 2. The van der Waals surface area contributed by atoms with Crippen molar-refractivity contribution in [3.63, 3.8) is 0 Å². The van der Waals surface area contributed by atoms with E-state index in [2.05, 4.69) is 10.3 Å². The molecule has 2 heterocycles. The second-order valence-electron chi connectivity index (χ2n) is 4.18. The number of aromatic nitrogens is 2. The highest BCUT2D eigenvalue weighted by atomic mass is 35.5. The van der Waals surface area contributed by atoms with Gasteiger partial charge in [0.2, 0.25) is 0 Å². The standard InChI is InChI=1S/C13H12ClF2N3O/c1-8-4-5-17-12(14)11(8)18-13(20)9-3-2-6-19(9)7-10(15)16/h2-6,10H,7H2,1H3,(H,18,20). The Labute approximate surface area is 119 Å². The maximum atomic E-state index is 12.4. The molecular weight excluding hydrogens is 288 g/mol. The molecular formula is C13H12ClF2N3O. The first-order valence-electron chi connectivity index (χ1n) is 5.84. The number of pyridine rings is 1. The van der Waals surface area contributed by atoms with Crippen LogP contribution >= 0.6 is 11.6 Å². The van der Waals surface area contributed by atoms with Crippen molar-refractivity contribution in [2.24, 2.45) is 0 Å². The summed E-state index contributed by atoms with van der Waals surface area (Å²) in [6.45, 7) is 1.23. The highest BCUT2D eigenvalue weighted by Crippen LogP contribution is 2.23. The molecule has 0 aromatic carbocycles. The van der Waals surface area contributed by atoms with Gasteiger partial charge < -0.3 is 9.88 Å². The van der Waals surface area contributed by atoms with Crippen molar-refractivity contribution in [3.8, 4) is 0 Å². The van der Waals surface area contributed by atoms with Gasteiger partial charge in [-0.3, -0.25) is 4.79 Å². The second kappa shape index (κ2) is 6.00. The molecule has 7 heteroatoms. The van der Waals surface area contributed by atoms with Gasteiger partial charge in [0.1, 0.15) is 5.69 Å². The first-order valence-corrected chi connectivity index (χ1v) is 6.22. The van der Waals surface area contributed by atoms with Crippen LogP contribution in [0.1, 0.15) is 16.1 Å². The Morgan fingerprint density at radius 3 is 2.90 bits per heavy atom. The maximum absolute atomic E-state index is 12.4. The SMILES string of the molecule is Cc1ccnc(Cl)c1NC(=O)c1cccn1CC(F)F. The number of anilines is 1. The molecule has 20 heavy (non-hydrogen) atoms. The molecule has 1 N–H and O–H groups in total. The molecule has 1 amide bonds. The number of hydrogen-bond acceptors (Lipinski definition) is 2. The number of alkyl halides is 2. The van der Waals surface area contributed by atoms with Gasteiger partial charge in [-0.05, 0) is 30.7 Å². The van der Waals surface area contributed by atoms with E-state index >= 15 is 0 Å². The lowest BCUT2D eigenvalue weighted by Gasteiger charge is -2.11. The third-order valence-corrected chi connectivity index (χ3v) is 3.04. The lowest BCUT2D eigenvalue weighted by Crippen LogP contribution is -2.19. The zero-order chi connectivity index (χ0) is 14.7. The van der Waals surface area contributed by atoms with Crippen LogP contribution in [0.2, 0.25) is 5.15 Å². The zero-order valence-corrected chi connectivity index (χ0v) is 11.4. The third-order valence-electron chi connectivity index (χ3n) is 2.75. The van der Waals surface area contributed by atoms with E-state index in [0.29, 0.717) is 5.69 Å². The van der Waals surface area contributed by atoms with Gasteiger partial charge in [0.15, 0.2) is 5.15 Å². The van der Waals surface area contributed by atoms with Gasteiger partial charge in [-0.1, -0.05) is 11.6 Å². The number of carbonyl (C=O) groups is 1. The number of hydrogen-bond donors (Lipinski definition) is 1. The van der Waals surface area contributed by atoms with Gasteiger partial charge in [-0.2, -0.15) is 0 Å². The fraction of sp³-hybridized carbons (Fsp3) is 0.231. The van der Waals surface area contributed by atoms with E-state index < -0.39 is 18.9 Å². The molecule has 0 saturated carbocycles. The molecule has 0 bridgehead atoms. The van der Waals surface area contributed by atoms with E-state index in [1.807, 2.05) is 0 Å². The van der Waals surface area contributed by atoms with Crippen molar-refractivity contribution in [2.45, 2.75) is 19.9 Å². The number of nitrogens with one attached hydrogen (secondary N) is 1. The minimum absolute atomic E-state index is 0.143. The molecule has 0 fully saturated rings. The summed E-state index contributed by atoms with van der Waals surface area (Å²) in [5, 5.41) is 2.75. The van der Waals surface area contributed by atoms with Gasteiger partial charge >= 0.3 is 0 Å². The van der Waals surface area contributed by atoms with Gasteiger partial charge in [0.25, 0.3) is 12.3 Å². The molecule has 2 aromatic rings. The molecule has 106 valence electrons. The van der Waals surface area contributed by atoms with Crippen LogP contribution in [0.15, 0.2) is 30.6 Å². The molecule has 0 aliphatic carbocycles. The summed E-state index contributed by atoms with van der Waals surface area (Å²) in [7, 11) is 0. The minimum atomic E-state index is -2.53. The number of halogens is 3. The van der Waals surface area contributed by atoms with Crippen LogP contribution in [-0.2, 0) is 6.54 Å². The highest BCUT2D eigenvalue weighted by Gasteiger charge is 2.16. The van der Waals surface area contributed by atoms with E-state index in [1.165, 1.54) is 29.1 Å². The minimum Gasteiger partial charge on any atom is -0.338 e. The summed E-state index contributed by atoms with van der Waals surface area (Å²) < 4.78 is 26.0. The van der Waals surface area contributed by atoms with Crippen LogP contribution < -0.4 is 5.32 Å². The molecule has 0 saturated heterocycles. The van der Waals surface area contributed by atoms with Crippen LogP contribution in [0.3, 0.4) is 0 Å². The molecule has 2 rings (SSSR count). The molecule has 0 unspecified atom stereocenters. The lowest BCUT2D eigenvalue weighted by molar-refractivity contribution is 0.0997. The van der Waals surface area contributed by atoms with Crippen molar-refractivity contribution < 1.29 is 13.6 Å². The van der Waals surface area contributed by atoms with Crippen LogP contribution in [0, 0.1) is 6.92 Å². The predicted octanol–water partition coefficient (Wildman–Crippen LogP) is 3.36. The van der Waals surface area contributed by atoms with Crippen LogP contribution in [0.5, 0.6) is 0 Å². The Kier molecular flexibility index (Phi) is 4.34. The van der Waals surface area contributed by atoms with Crippen molar-refractivity contribution >= 4 is 23.2 Å². The maximum Gasteiger partial charge on any atom is 0.272 e. The van der Waals surface area contributed by atoms with E-state index in [4.69, 9.17) is 11.6 Å². The van der Waals surface area contributed by atoms with E-state index in [-0.39, 0.29) is 10.8 Å². The summed E-state index contributed by atoms with van der Waals surface area (Å²) >= 11 is 5.91. The van der Waals surface area contributed by atoms with Crippen molar-refractivity contribution in [1.82, 2.24) is 9.55 Å². The molecule has 0 aliphatic rings. The van der Waals surface area contributed by atoms with Gasteiger partial charge in [0, 0.05) is 12.4 Å². The van der Waals surface area contributed by atoms with E-state index in [9.17, 15) is 13.6 Å². The Morgan fingerprint density at radius 2 is 2.25 bits per heavy atom. The van der Waals surface area contributed by atoms with E-state index in [0.717, 1.165) is 5.56 Å². The van der Waals surface area contributed by atoms with Crippen molar-refractivity contribution in [2.75, 3.05) is 5.32 Å². The third kappa shape index (κ3) is 3.14. The highest BCUT2D eigenvalue weighted by molar-refractivity contribution is 6.32. The van der Waals surface area contributed by atoms with Crippen molar-refractivity contribution in [3.05, 3.63) is 47.0 Å². The molecule has 2 aromatic heterocycles. The Balaban J connectivity index is 2.23. The van der Waals surface area contributed by atoms with E-state index in [1.54, 1.807) is 13.0 Å². The monoisotopic (exact) mass is 299 g/mol. The van der Waals surface area contributed by atoms with Gasteiger partial charge in [-0.15, -0.1) is 0 Å². The summed E-state index contributed by atoms with van der Waals surface area (Å²) in [6, 6.07) is 4.70. The fourth-order valence-electron chi connectivity index (χ4n) is 1.78. The zero-order valence-electron chi connectivity index (χ0n) is 10.6. The van der Waals surface area contributed by atoms with Crippen molar-refractivity contribution in [1.29, 1.82) is 0 Å². The topological polar surface area (TPSA) is 46.9 Å². The molecule has 4 nitrogen and oxygen atoms in total. The molecule has 0 radical (unpaired) electrons. The summed E-state index contributed by atoms with van der Waals surface area (Å²) in [5.41, 5.74) is 1.26. The quantitative estimate of drug-likeness (QED) is 0.880. The smallest absolute Gasteiger partial charge is 0.272 e. The number of rotatable bonds is 4. The predicted molar refractivity (Wildman–Crippen MR) is 72.4 cm³/mol. The Morgan fingerprint density at radius 1 is 1.50 bits per heavy atom. The van der Waals surface area contributed by atoms with Gasteiger partial charge in [0.05, 0.1) is 12.2 Å². The summed E-state index contributed by atoms with van der Waals surface area (Å²) in [6.07, 6.45) is 0.420. The normalized spacial score (nSPS) is 10.8. The second-order valence-corrected chi connectivity index (χ2v) is 4.54. The molecule has 0 spiro atoms. The molecule has 0 atom stereocenters. The lowest BCUT2D eigenvalue weighted by atomic mass is 10.2. The number of amides is 1. The first-order chi connectivity index (χ1) is 9.49. The largest absolute Gasteiger partial charge is 0.338 e. The number of aryl methyl sites for hydroxylation is 1. The van der Waals surface area contributed by atoms with Crippen LogP contribution in [-0.4, -0.2) is 21.9 Å². The summed E-state index contributed by atoms with van der Waals surface area (Å²) in [5.74, 6) is -0.506. The molecule has 0 aliphatic heterocycles. The van der Waals surface area contributed by atoms with Crippen LogP contribution in [0.4, 0.5) is 14.5 Å².